The van der Waals surface area contributed by atoms with Crippen LogP contribution in [0, 0.1) is 12.8 Å². The molecule has 0 aliphatic heterocycles. The van der Waals surface area contributed by atoms with E-state index >= 15 is 0 Å². The smallest absolute Gasteiger partial charge is 0.223 e. The highest BCUT2D eigenvalue weighted by atomic mass is 127. The molecule has 0 aromatic heterocycles. The van der Waals surface area contributed by atoms with Gasteiger partial charge in [0.2, 0.25) is 5.91 Å². The van der Waals surface area contributed by atoms with Gasteiger partial charge in [-0.1, -0.05) is 12.1 Å². The maximum absolute atomic E-state index is 11.6. The summed E-state index contributed by atoms with van der Waals surface area (Å²) in [4.78, 5) is 17.4. The summed E-state index contributed by atoms with van der Waals surface area (Å²) < 4.78 is 6.00. The molecule has 0 unspecified atom stereocenters. The Morgan fingerprint density at radius 2 is 2.04 bits per heavy atom. The molecule has 26 heavy (non-hydrogen) atoms. The predicted molar refractivity (Wildman–Crippen MR) is 116 cm³/mol. The van der Waals surface area contributed by atoms with E-state index in [0.717, 1.165) is 23.8 Å². The van der Waals surface area contributed by atoms with Gasteiger partial charge in [-0.05, 0) is 37.3 Å². The Bertz CT molecular complexity index is 616. The first-order chi connectivity index (χ1) is 12.0. The number of aliphatic imine (C=N–C) groups is 1. The van der Waals surface area contributed by atoms with E-state index in [1.807, 2.05) is 0 Å². The third-order valence-corrected chi connectivity index (χ3v) is 4.19. The van der Waals surface area contributed by atoms with E-state index in [4.69, 9.17) is 4.74 Å². The van der Waals surface area contributed by atoms with Crippen LogP contribution in [-0.4, -0.2) is 51.1 Å². The topological polar surface area (TPSA) is 66.0 Å². The van der Waals surface area contributed by atoms with E-state index in [-0.39, 0.29) is 29.9 Å². The molecule has 1 aliphatic carbocycles. The van der Waals surface area contributed by atoms with Crippen molar-refractivity contribution in [1.29, 1.82) is 0 Å². The summed E-state index contributed by atoms with van der Waals surface area (Å²) in [6.07, 6.45) is 3.00. The molecule has 1 aromatic rings. The fraction of sp³-hybridized carbons (Fsp3) is 0.579. The number of rotatable bonds is 8. The molecule has 1 aliphatic rings. The number of amides is 1. The van der Waals surface area contributed by atoms with E-state index in [9.17, 15) is 4.79 Å². The van der Waals surface area contributed by atoms with Crippen LogP contribution in [0.25, 0.3) is 0 Å². The molecule has 0 bridgehead atoms. The van der Waals surface area contributed by atoms with Crippen LogP contribution in [0.4, 0.5) is 0 Å². The molecular formula is C19H31IN4O2. The van der Waals surface area contributed by atoms with Crippen molar-refractivity contribution in [3.63, 3.8) is 0 Å². The van der Waals surface area contributed by atoms with Gasteiger partial charge in [0.25, 0.3) is 0 Å². The first-order valence-electron chi connectivity index (χ1n) is 8.86. The van der Waals surface area contributed by atoms with E-state index in [0.29, 0.717) is 25.5 Å². The summed E-state index contributed by atoms with van der Waals surface area (Å²) in [7, 11) is 5.24. The summed E-state index contributed by atoms with van der Waals surface area (Å²) in [6.45, 7) is 4.05. The monoisotopic (exact) mass is 474 g/mol. The van der Waals surface area contributed by atoms with Gasteiger partial charge in [-0.25, -0.2) is 0 Å². The maximum atomic E-state index is 11.6. The molecule has 0 saturated heterocycles. The third-order valence-electron chi connectivity index (χ3n) is 4.19. The van der Waals surface area contributed by atoms with Crippen LogP contribution in [0.15, 0.2) is 23.2 Å². The number of nitrogens with one attached hydrogen (secondary N) is 2. The Labute approximate surface area is 173 Å². The lowest BCUT2D eigenvalue weighted by Crippen LogP contribution is -2.38. The zero-order chi connectivity index (χ0) is 18.2. The second kappa shape index (κ2) is 11.3. The zero-order valence-corrected chi connectivity index (χ0v) is 18.5. The normalized spacial score (nSPS) is 13.6. The second-order valence-corrected chi connectivity index (χ2v) is 6.76. The molecule has 1 saturated carbocycles. The van der Waals surface area contributed by atoms with Gasteiger partial charge in [-0.2, -0.15) is 0 Å². The number of hydrogen-bond acceptors (Lipinski definition) is 3. The van der Waals surface area contributed by atoms with Crippen molar-refractivity contribution < 1.29 is 9.53 Å². The molecule has 146 valence electrons. The van der Waals surface area contributed by atoms with Gasteiger partial charge in [-0.3, -0.25) is 9.79 Å². The van der Waals surface area contributed by atoms with Crippen LogP contribution in [-0.2, 0) is 11.3 Å². The Kier molecular flexibility index (Phi) is 9.75. The van der Waals surface area contributed by atoms with Crippen molar-refractivity contribution >= 4 is 35.8 Å². The number of aryl methyl sites for hydroxylation is 1. The summed E-state index contributed by atoms with van der Waals surface area (Å²) in [6, 6.07) is 6.27. The van der Waals surface area contributed by atoms with E-state index < -0.39 is 0 Å². The van der Waals surface area contributed by atoms with Crippen molar-refractivity contribution in [2.24, 2.45) is 10.9 Å². The Hall–Kier alpha value is -1.51. The molecule has 0 heterocycles. The highest BCUT2D eigenvalue weighted by Gasteiger charge is 2.22. The number of hydrogen-bond donors (Lipinski definition) is 2. The molecule has 2 N–H and O–H groups in total. The summed E-state index contributed by atoms with van der Waals surface area (Å²) >= 11 is 0. The summed E-state index contributed by atoms with van der Waals surface area (Å²) in [5.74, 6) is 2.44. The molecule has 6 nitrogen and oxygen atoms in total. The quantitative estimate of drug-likeness (QED) is 0.346. The number of nitrogens with zero attached hydrogens (tertiary/aromatic N) is 2. The molecule has 2 rings (SSSR count). The molecule has 0 spiro atoms. The lowest BCUT2D eigenvalue weighted by Gasteiger charge is -2.16. The van der Waals surface area contributed by atoms with Gasteiger partial charge in [-0.15, -0.1) is 24.0 Å². The van der Waals surface area contributed by atoms with Crippen LogP contribution in [0.2, 0.25) is 0 Å². The average molecular weight is 474 g/mol. The van der Waals surface area contributed by atoms with Crippen molar-refractivity contribution in [1.82, 2.24) is 15.5 Å². The van der Waals surface area contributed by atoms with Crippen LogP contribution >= 0.6 is 24.0 Å². The van der Waals surface area contributed by atoms with Crippen molar-refractivity contribution in [2.75, 3.05) is 34.3 Å². The number of halogens is 1. The van der Waals surface area contributed by atoms with Gasteiger partial charge in [0.1, 0.15) is 5.75 Å². The van der Waals surface area contributed by atoms with Gasteiger partial charge in [0.05, 0.1) is 6.61 Å². The lowest BCUT2D eigenvalue weighted by atomic mass is 10.1. The van der Waals surface area contributed by atoms with Gasteiger partial charge >= 0.3 is 0 Å². The second-order valence-electron chi connectivity index (χ2n) is 6.76. The molecule has 0 radical (unpaired) electrons. The molecule has 1 amide bonds. The predicted octanol–water partition coefficient (Wildman–Crippen LogP) is 2.55. The first kappa shape index (κ1) is 22.5. The van der Waals surface area contributed by atoms with E-state index in [2.05, 4.69) is 40.7 Å². The molecule has 7 heteroatoms. The largest absolute Gasteiger partial charge is 0.493 e. The zero-order valence-electron chi connectivity index (χ0n) is 16.2. The average Bonchev–Trinajstić information content (AvgIpc) is 3.41. The number of benzene rings is 1. The number of carbonyl (C=O) groups excluding carboxylic acids is 1. The lowest BCUT2D eigenvalue weighted by molar-refractivity contribution is -0.128. The highest BCUT2D eigenvalue weighted by Crippen LogP contribution is 2.30. The summed E-state index contributed by atoms with van der Waals surface area (Å²) in [5, 5.41) is 6.45. The fourth-order valence-electron chi connectivity index (χ4n) is 2.35. The Morgan fingerprint density at radius 1 is 1.31 bits per heavy atom. The first-order valence-corrected chi connectivity index (χ1v) is 8.86. The van der Waals surface area contributed by atoms with Gasteiger partial charge in [0.15, 0.2) is 5.96 Å². The maximum Gasteiger partial charge on any atom is 0.223 e. The van der Waals surface area contributed by atoms with Crippen LogP contribution in [0.1, 0.15) is 30.4 Å². The molecule has 1 aromatic carbocycles. The minimum Gasteiger partial charge on any atom is -0.493 e. The fourth-order valence-corrected chi connectivity index (χ4v) is 2.35. The van der Waals surface area contributed by atoms with Crippen molar-refractivity contribution in [2.45, 2.75) is 32.7 Å². The number of guanidine groups is 1. The van der Waals surface area contributed by atoms with E-state index in [1.165, 1.54) is 18.4 Å². The SMILES string of the molecule is CN=C(NCCC(=O)N(C)C)NCc1ccc(C)cc1OCC1CC1.I. The minimum absolute atomic E-state index is 0. The summed E-state index contributed by atoms with van der Waals surface area (Å²) in [5.41, 5.74) is 2.30. The number of ether oxygens (including phenoxy) is 1. The number of carbonyl (C=O) groups is 1. The molecule has 0 atom stereocenters. The Morgan fingerprint density at radius 3 is 2.65 bits per heavy atom. The van der Waals surface area contributed by atoms with Gasteiger partial charge < -0.3 is 20.3 Å². The molecular weight excluding hydrogens is 443 g/mol. The van der Waals surface area contributed by atoms with Crippen LogP contribution in [0.5, 0.6) is 5.75 Å². The van der Waals surface area contributed by atoms with Crippen molar-refractivity contribution in [3.05, 3.63) is 29.3 Å². The minimum atomic E-state index is 0. The van der Waals surface area contributed by atoms with Crippen LogP contribution in [0.3, 0.4) is 0 Å². The van der Waals surface area contributed by atoms with Crippen LogP contribution < -0.4 is 15.4 Å². The Balaban J connectivity index is 0.00000338. The standard InChI is InChI=1S/C19H30N4O2.HI/c1-14-5-8-16(17(11-14)25-13-15-6-7-15)12-22-19(20-2)21-10-9-18(24)23(3)4;/h5,8,11,15H,6-7,9-10,12-13H2,1-4H3,(H2,20,21,22);1H. The highest BCUT2D eigenvalue weighted by molar-refractivity contribution is 14.0. The van der Waals surface area contributed by atoms with Crippen molar-refractivity contribution in [3.8, 4) is 5.75 Å². The van der Waals surface area contributed by atoms with Gasteiger partial charge in [0, 0.05) is 46.2 Å². The third kappa shape index (κ3) is 7.80. The van der Waals surface area contributed by atoms with E-state index in [1.54, 1.807) is 26.0 Å². The molecule has 1 fully saturated rings.